The normalized spacial score (nSPS) is 19.9. The van der Waals surface area contributed by atoms with E-state index in [1.165, 1.54) is 34.7 Å². The Hall–Kier alpha value is -1.52. The number of hydrogen-bond acceptors (Lipinski definition) is 6. The molecule has 27 heavy (non-hydrogen) atoms. The maximum absolute atomic E-state index is 12.5. The number of nitrogens with one attached hydrogen (secondary N) is 1. The van der Waals surface area contributed by atoms with Crippen molar-refractivity contribution in [3.05, 3.63) is 56.3 Å². The lowest BCUT2D eigenvalue weighted by Gasteiger charge is -2.38. The molecule has 2 aromatic rings. The van der Waals surface area contributed by atoms with Crippen LogP contribution in [0, 0.1) is 10.1 Å². The van der Waals surface area contributed by atoms with Gasteiger partial charge in [-0.15, -0.1) is 23.7 Å². The number of sulfonamides is 1. The summed E-state index contributed by atoms with van der Waals surface area (Å²) in [4.78, 5) is 13.7. The number of fused-ring (bicyclic) bond motifs is 1. The minimum atomic E-state index is -3.94. The Labute approximate surface area is 169 Å². The molecule has 2 atom stereocenters. The van der Waals surface area contributed by atoms with E-state index in [0.717, 1.165) is 6.42 Å². The van der Waals surface area contributed by atoms with Gasteiger partial charge >= 0.3 is 0 Å². The van der Waals surface area contributed by atoms with Crippen molar-refractivity contribution < 1.29 is 13.3 Å². The molecular weight excluding hydrogens is 410 g/mol. The number of thiophene rings is 1. The van der Waals surface area contributed by atoms with Gasteiger partial charge in [0.25, 0.3) is 5.69 Å². The lowest BCUT2D eigenvalue weighted by molar-refractivity contribution is -0.387. The van der Waals surface area contributed by atoms with Crippen LogP contribution in [0.25, 0.3) is 0 Å². The van der Waals surface area contributed by atoms with Crippen LogP contribution in [0.2, 0.25) is 0 Å². The summed E-state index contributed by atoms with van der Waals surface area (Å²) in [5, 5.41) is 13.2. The SMILES string of the molecule is CC1Cc2ccsc2C(C)N1CCNS(=O)(=O)c1ccccc1[N+](=O)[O-].Cl. The van der Waals surface area contributed by atoms with Crippen molar-refractivity contribution in [2.45, 2.75) is 37.2 Å². The average Bonchev–Trinajstić information content (AvgIpc) is 3.06. The van der Waals surface area contributed by atoms with Gasteiger partial charge in [-0.3, -0.25) is 15.0 Å². The summed E-state index contributed by atoms with van der Waals surface area (Å²) < 4.78 is 27.5. The number of nitro benzene ring substituents is 1. The summed E-state index contributed by atoms with van der Waals surface area (Å²) in [5.41, 5.74) is 0.953. The van der Waals surface area contributed by atoms with Gasteiger partial charge in [-0.2, -0.15) is 0 Å². The Balaban J connectivity index is 0.00000261. The zero-order valence-corrected chi connectivity index (χ0v) is 17.4. The third-order valence-electron chi connectivity index (χ3n) is 4.75. The lowest BCUT2D eigenvalue weighted by Crippen LogP contribution is -2.44. The second kappa shape index (κ2) is 8.66. The standard InChI is InChI=1S/C17H21N3O4S2.ClH/c1-12-11-14-7-10-25-17(14)13(2)19(12)9-8-18-26(23,24)16-6-4-3-5-15(16)20(21)22;/h3-7,10,12-13,18H,8-9,11H2,1-2H3;1H. The molecule has 0 amide bonds. The summed E-state index contributed by atoms with van der Waals surface area (Å²) in [6.07, 6.45) is 0.945. The molecule has 1 aliphatic rings. The molecule has 2 heterocycles. The predicted octanol–water partition coefficient (Wildman–Crippen LogP) is 3.36. The van der Waals surface area contributed by atoms with Crippen LogP contribution in [-0.4, -0.2) is 37.4 Å². The molecule has 2 unspecified atom stereocenters. The smallest absolute Gasteiger partial charge is 0.289 e. The number of hydrogen-bond donors (Lipinski definition) is 1. The van der Waals surface area contributed by atoms with Gasteiger partial charge in [0, 0.05) is 36.1 Å². The minimum absolute atomic E-state index is 0. The molecule has 10 heteroatoms. The first-order valence-electron chi connectivity index (χ1n) is 8.36. The third-order valence-corrected chi connectivity index (χ3v) is 7.39. The monoisotopic (exact) mass is 431 g/mol. The summed E-state index contributed by atoms with van der Waals surface area (Å²) in [6.45, 7) is 5.00. The maximum Gasteiger partial charge on any atom is 0.289 e. The van der Waals surface area contributed by atoms with Crippen LogP contribution in [0.4, 0.5) is 5.69 Å². The number of halogens is 1. The highest BCUT2D eigenvalue weighted by Gasteiger charge is 2.30. The van der Waals surface area contributed by atoms with Crippen molar-refractivity contribution in [1.82, 2.24) is 9.62 Å². The fraction of sp³-hybridized carbons (Fsp3) is 0.412. The van der Waals surface area contributed by atoms with Crippen LogP contribution in [0.3, 0.4) is 0 Å². The van der Waals surface area contributed by atoms with Crippen molar-refractivity contribution >= 4 is 39.5 Å². The highest BCUT2D eigenvalue weighted by molar-refractivity contribution is 7.89. The van der Waals surface area contributed by atoms with E-state index in [1.807, 2.05) is 0 Å². The number of nitrogens with zero attached hydrogens (tertiary/aromatic N) is 2. The van der Waals surface area contributed by atoms with E-state index in [9.17, 15) is 18.5 Å². The highest BCUT2D eigenvalue weighted by atomic mass is 35.5. The van der Waals surface area contributed by atoms with Gasteiger partial charge in [-0.1, -0.05) is 12.1 Å². The van der Waals surface area contributed by atoms with E-state index in [2.05, 4.69) is 34.9 Å². The summed E-state index contributed by atoms with van der Waals surface area (Å²) in [6, 6.07) is 8.07. The van der Waals surface area contributed by atoms with Crippen molar-refractivity contribution in [3.63, 3.8) is 0 Å². The zero-order chi connectivity index (χ0) is 18.9. The van der Waals surface area contributed by atoms with Crippen LogP contribution in [0.15, 0.2) is 40.6 Å². The fourth-order valence-electron chi connectivity index (χ4n) is 3.49. The summed E-state index contributed by atoms with van der Waals surface area (Å²) >= 11 is 1.73. The minimum Gasteiger partial charge on any atom is -0.291 e. The molecule has 0 aliphatic carbocycles. The Kier molecular flexibility index (Phi) is 6.98. The highest BCUT2D eigenvalue weighted by Crippen LogP contribution is 2.36. The summed E-state index contributed by atoms with van der Waals surface area (Å²) in [7, 11) is -3.94. The third kappa shape index (κ3) is 4.49. The molecule has 0 radical (unpaired) electrons. The Bertz CT molecular complexity index is 916. The molecule has 1 aliphatic heterocycles. The Morgan fingerprint density at radius 1 is 1.30 bits per heavy atom. The second-order valence-corrected chi connectivity index (χ2v) is 9.08. The first kappa shape index (κ1) is 21.8. The fourth-order valence-corrected chi connectivity index (χ4v) is 5.69. The van der Waals surface area contributed by atoms with Crippen LogP contribution >= 0.6 is 23.7 Å². The summed E-state index contributed by atoms with van der Waals surface area (Å²) in [5.74, 6) is 0. The van der Waals surface area contributed by atoms with Gasteiger partial charge in [0.2, 0.25) is 10.0 Å². The first-order valence-corrected chi connectivity index (χ1v) is 10.7. The van der Waals surface area contributed by atoms with E-state index in [0.29, 0.717) is 12.6 Å². The van der Waals surface area contributed by atoms with Gasteiger partial charge in [0.05, 0.1) is 4.92 Å². The number of para-hydroxylation sites is 1. The average molecular weight is 432 g/mol. The zero-order valence-electron chi connectivity index (χ0n) is 15.0. The second-order valence-electron chi connectivity index (χ2n) is 6.40. The molecule has 3 rings (SSSR count). The van der Waals surface area contributed by atoms with Gasteiger partial charge in [0.15, 0.2) is 4.90 Å². The van der Waals surface area contributed by atoms with Crippen molar-refractivity contribution in [2.75, 3.05) is 13.1 Å². The molecule has 0 saturated heterocycles. The quantitative estimate of drug-likeness (QED) is 0.559. The van der Waals surface area contributed by atoms with E-state index in [4.69, 9.17) is 0 Å². The lowest BCUT2D eigenvalue weighted by atomic mass is 9.97. The molecule has 1 N–H and O–H groups in total. The van der Waals surface area contributed by atoms with Crippen molar-refractivity contribution in [3.8, 4) is 0 Å². The van der Waals surface area contributed by atoms with E-state index >= 15 is 0 Å². The van der Waals surface area contributed by atoms with Gasteiger partial charge in [-0.05, 0) is 43.3 Å². The van der Waals surface area contributed by atoms with Crippen molar-refractivity contribution in [2.24, 2.45) is 0 Å². The molecule has 1 aromatic carbocycles. The van der Waals surface area contributed by atoms with Gasteiger partial charge in [-0.25, -0.2) is 13.1 Å². The van der Waals surface area contributed by atoms with Crippen molar-refractivity contribution in [1.29, 1.82) is 0 Å². The Morgan fingerprint density at radius 2 is 2.00 bits per heavy atom. The van der Waals surface area contributed by atoms with Crippen LogP contribution in [-0.2, 0) is 16.4 Å². The van der Waals surface area contributed by atoms with Crippen LogP contribution in [0.5, 0.6) is 0 Å². The molecule has 0 fully saturated rings. The maximum atomic E-state index is 12.5. The molecule has 0 spiro atoms. The van der Waals surface area contributed by atoms with E-state index in [-0.39, 0.29) is 29.9 Å². The molecule has 1 aromatic heterocycles. The van der Waals surface area contributed by atoms with E-state index in [1.54, 1.807) is 11.3 Å². The molecule has 0 saturated carbocycles. The van der Waals surface area contributed by atoms with Crippen LogP contribution in [0.1, 0.15) is 30.3 Å². The number of rotatable bonds is 6. The predicted molar refractivity (Wildman–Crippen MR) is 108 cm³/mol. The molecule has 0 bridgehead atoms. The molecule has 7 nitrogen and oxygen atoms in total. The molecular formula is C17H22ClN3O4S2. The van der Waals surface area contributed by atoms with Gasteiger partial charge in [0.1, 0.15) is 0 Å². The number of nitro groups is 1. The molecule has 148 valence electrons. The van der Waals surface area contributed by atoms with Crippen LogP contribution < -0.4 is 4.72 Å². The first-order chi connectivity index (χ1) is 12.3. The van der Waals surface area contributed by atoms with E-state index < -0.39 is 20.6 Å². The number of benzene rings is 1. The topological polar surface area (TPSA) is 92.6 Å². The largest absolute Gasteiger partial charge is 0.291 e. The van der Waals surface area contributed by atoms with Gasteiger partial charge < -0.3 is 0 Å². The Morgan fingerprint density at radius 3 is 2.70 bits per heavy atom.